The summed E-state index contributed by atoms with van der Waals surface area (Å²) in [4.78, 5) is 0. The van der Waals surface area contributed by atoms with E-state index in [4.69, 9.17) is 0 Å². The van der Waals surface area contributed by atoms with Crippen LogP contribution in [-0.2, 0) is 0 Å². The van der Waals surface area contributed by atoms with E-state index in [-0.39, 0.29) is 15.1 Å². The molecule has 0 aliphatic heterocycles. The van der Waals surface area contributed by atoms with Crippen LogP contribution in [0.2, 0.25) is 12.6 Å². The Morgan fingerprint density at radius 3 is 1.79 bits per heavy atom. The summed E-state index contributed by atoms with van der Waals surface area (Å²) in [7, 11) is 0.281. The molecule has 0 N–H and O–H groups in total. The fraction of sp³-hybridized carbons (Fsp3) is 0.760. The minimum absolute atomic E-state index is 0.152. The lowest BCUT2D eigenvalue weighted by Gasteiger charge is -2.32. The molecule has 0 atom stereocenters. The maximum absolute atomic E-state index is 12.7. The molecule has 28 heavy (non-hydrogen) atoms. The minimum Gasteiger partial charge on any atom is -0.205 e. The summed E-state index contributed by atoms with van der Waals surface area (Å²) in [5.41, 5.74) is 1.42. The molecule has 0 spiro atoms. The van der Waals surface area contributed by atoms with Crippen LogP contribution in [0.4, 0.5) is 8.78 Å². The first-order valence-corrected chi connectivity index (χ1v) is 14.4. The number of hydrogen-bond donors (Lipinski definition) is 0. The second-order valence-electron chi connectivity index (χ2n) is 9.64. The molecule has 3 rings (SSSR count). The van der Waals surface area contributed by atoms with Gasteiger partial charge < -0.3 is 0 Å². The lowest BCUT2D eigenvalue weighted by Crippen LogP contribution is -2.18. The smallest absolute Gasteiger partial charge is 0.205 e. The SMILES string of the molecule is C[SiH2]CCC[C@H]1CC[C@H](CC[C@H]2CC[C@H](c3ccc(C(F)F)cc3)CC2)CC1. The van der Waals surface area contributed by atoms with E-state index in [1.165, 1.54) is 82.6 Å². The van der Waals surface area contributed by atoms with E-state index in [0.29, 0.717) is 5.92 Å². The third kappa shape index (κ3) is 6.68. The van der Waals surface area contributed by atoms with E-state index < -0.39 is 6.43 Å². The van der Waals surface area contributed by atoms with E-state index in [9.17, 15) is 8.78 Å². The van der Waals surface area contributed by atoms with Gasteiger partial charge in [-0.05, 0) is 54.9 Å². The standard InChI is InChI=1S/C25H40F2Si/c1-28-18-2-3-19-4-6-20(7-5-19)8-9-21-10-12-22(13-11-21)23-14-16-24(17-15-23)25(26)27/h14-17,19-22,25H,2-13,18,28H2,1H3/t19-,20-,21-,22-. The van der Waals surface area contributed by atoms with Gasteiger partial charge in [0.25, 0.3) is 6.43 Å². The zero-order valence-corrected chi connectivity index (χ0v) is 19.3. The summed E-state index contributed by atoms with van der Waals surface area (Å²) in [5, 5.41) is 0. The van der Waals surface area contributed by atoms with Crippen molar-refractivity contribution in [2.75, 3.05) is 0 Å². The van der Waals surface area contributed by atoms with Crippen LogP contribution in [-0.4, -0.2) is 9.52 Å². The summed E-state index contributed by atoms with van der Waals surface area (Å²) in [6.07, 6.45) is 14.7. The van der Waals surface area contributed by atoms with E-state index in [1.807, 2.05) is 12.1 Å². The molecule has 0 bridgehead atoms. The number of halogens is 2. The van der Waals surface area contributed by atoms with E-state index in [1.54, 1.807) is 18.2 Å². The van der Waals surface area contributed by atoms with Crippen LogP contribution in [0, 0.1) is 17.8 Å². The molecule has 2 aliphatic rings. The van der Waals surface area contributed by atoms with Gasteiger partial charge in [-0.3, -0.25) is 0 Å². The fourth-order valence-electron chi connectivity index (χ4n) is 5.66. The van der Waals surface area contributed by atoms with Crippen molar-refractivity contribution in [3.05, 3.63) is 35.4 Å². The van der Waals surface area contributed by atoms with Crippen LogP contribution in [0.5, 0.6) is 0 Å². The topological polar surface area (TPSA) is 0 Å². The molecular weight excluding hydrogens is 366 g/mol. The van der Waals surface area contributed by atoms with Crippen molar-refractivity contribution in [3.8, 4) is 0 Å². The van der Waals surface area contributed by atoms with Crippen molar-refractivity contribution >= 4 is 9.52 Å². The lowest BCUT2D eigenvalue weighted by molar-refractivity contribution is 0.151. The van der Waals surface area contributed by atoms with Crippen LogP contribution < -0.4 is 0 Å². The van der Waals surface area contributed by atoms with Crippen molar-refractivity contribution in [1.29, 1.82) is 0 Å². The summed E-state index contributed by atoms with van der Waals surface area (Å²) < 4.78 is 25.4. The highest BCUT2D eigenvalue weighted by Gasteiger charge is 2.25. The predicted molar refractivity (Wildman–Crippen MR) is 119 cm³/mol. The number of benzene rings is 1. The third-order valence-corrected chi connectivity index (χ3v) is 8.88. The molecule has 0 unspecified atom stereocenters. The van der Waals surface area contributed by atoms with Crippen molar-refractivity contribution < 1.29 is 8.78 Å². The summed E-state index contributed by atoms with van der Waals surface area (Å²) >= 11 is 0. The first-order valence-electron chi connectivity index (χ1n) is 12.0. The molecule has 0 radical (unpaired) electrons. The Kier molecular flexibility index (Phi) is 9.01. The van der Waals surface area contributed by atoms with E-state index in [0.717, 1.165) is 17.8 Å². The number of alkyl halides is 2. The van der Waals surface area contributed by atoms with Gasteiger partial charge in [0.1, 0.15) is 0 Å². The summed E-state index contributed by atoms with van der Waals surface area (Å²) in [6, 6.07) is 8.67. The van der Waals surface area contributed by atoms with Crippen molar-refractivity contribution in [2.24, 2.45) is 17.8 Å². The Balaban J connectivity index is 1.32. The van der Waals surface area contributed by atoms with Gasteiger partial charge in [0.05, 0.1) is 0 Å². The molecule has 0 amide bonds. The van der Waals surface area contributed by atoms with Gasteiger partial charge in [0.15, 0.2) is 0 Å². The summed E-state index contributed by atoms with van der Waals surface area (Å²) in [5.74, 6) is 3.54. The Hall–Kier alpha value is -0.703. The molecule has 3 heteroatoms. The number of rotatable bonds is 9. The number of hydrogen-bond acceptors (Lipinski definition) is 0. The molecule has 2 fully saturated rings. The maximum Gasteiger partial charge on any atom is 0.263 e. The molecule has 0 saturated heterocycles. The average Bonchev–Trinajstić information content (AvgIpc) is 2.74. The highest BCUT2D eigenvalue weighted by Crippen LogP contribution is 2.40. The zero-order chi connectivity index (χ0) is 19.8. The molecule has 1 aromatic rings. The maximum atomic E-state index is 12.7. The van der Waals surface area contributed by atoms with Crippen LogP contribution in [0.15, 0.2) is 24.3 Å². The lowest BCUT2D eigenvalue weighted by atomic mass is 9.74. The summed E-state index contributed by atoms with van der Waals surface area (Å²) in [6.45, 7) is 2.44. The normalized spacial score (nSPS) is 29.0. The molecule has 0 heterocycles. The fourth-order valence-corrected chi connectivity index (χ4v) is 6.45. The van der Waals surface area contributed by atoms with Gasteiger partial charge in [-0.1, -0.05) is 88.2 Å². The Labute approximate surface area is 173 Å². The molecule has 2 saturated carbocycles. The van der Waals surface area contributed by atoms with Gasteiger partial charge in [0, 0.05) is 15.1 Å². The van der Waals surface area contributed by atoms with Gasteiger partial charge in [-0.25, -0.2) is 8.78 Å². The Bertz CT molecular complexity index is 540. The molecule has 1 aromatic carbocycles. The van der Waals surface area contributed by atoms with E-state index >= 15 is 0 Å². The quantitative estimate of drug-likeness (QED) is 0.289. The van der Waals surface area contributed by atoms with Crippen molar-refractivity contribution in [2.45, 2.75) is 102 Å². The Morgan fingerprint density at radius 2 is 1.29 bits per heavy atom. The van der Waals surface area contributed by atoms with Crippen LogP contribution in [0.25, 0.3) is 0 Å². The highest BCUT2D eigenvalue weighted by atomic mass is 28.2. The second-order valence-corrected chi connectivity index (χ2v) is 11.4. The molecular formula is C25H40F2Si. The predicted octanol–water partition coefficient (Wildman–Crippen LogP) is 7.90. The largest absolute Gasteiger partial charge is 0.263 e. The van der Waals surface area contributed by atoms with Crippen LogP contribution in [0.1, 0.15) is 101 Å². The van der Waals surface area contributed by atoms with Crippen molar-refractivity contribution in [3.63, 3.8) is 0 Å². The van der Waals surface area contributed by atoms with Gasteiger partial charge >= 0.3 is 0 Å². The van der Waals surface area contributed by atoms with Gasteiger partial charge in [-0.15, -0.1) is 0 Å². The van der Waals surface area contributed by atoms with Gasteiger partial charge in [0.2, 0.25) is 0 Å². The molecule has 0 aromatic heterocycles. The minimum atomic E-state index is -2.35. The van der Waals surface area contributed by atoms with E-state index in [2.05, 4.69) is 6.55 Å². The van der Waals surface area contributed by atoms with Crippen LogP contribution in [0.3, 0.4) is 0 Å². The monoisotopic (exact) mass is 406 g/mol. The van der Waals surface area contributed by atoms with Gasteiger partial charge in [-0.2, -0.15) is 0 Å². The third-order valence-electron chi connectivity index (χ3n) is 7.67. The zero-order valence-electron chi connectivity index (χ0n) is 17.9. The first-order chi connectivity index (χ1) is 13.7. The highest BCUT2D eigenvalue weighted by molar-refractivity contribution is 6.33. The molecule has 2 aliphatic carbocycles. The van der Waals surface area contributed by atoms with Crippen LogP contribution >= 0.6 is 0 Å². The molecule has 0 nitrogen and oxygen atoms in total. The Morgan fingerprint density at radius 1 is 0.786 bits per heavy atom. The van der Waals surface area contributed by atoms with Crippen molar-refractivity contribution in [1.82, 2.24) is 0 Å². The first kappa shape index (κ1) is 22.0. The second kappa shape index (κ2) is 11.5. The average molecular weight is 407 g/mol. The molecule has 158 valence electrons.